The first kappa shape index (κ1) is 10.8. The molecule has 72 valence electrons. The second kappa shape index (κ2) is 4.83. The van der Waals surface area contributed by atoms with Crippen LogP contribution < -0.4 is 5.32 Å². The molecule has 1 amide bonds. The van der Waals surface area contributed by atoms with Crippen LogP contribution in [0.5, 0.6) is 0 Å². The molecule has 0 aliphatic rings. The molecule has 1 N–H and O–H groups in total. The summed E-state index contributed by atoms with van der Waals surface area (Å²) in [4.78, 5) is 10.9. The number of amides is 1. The molecular weight excluding hydrogens is 242 g/mol. The van der Waals surface area contributed by atoms with Crippen LogP contribution in [-0.4, -0.2) is 5.91 Å². The molecule has 1 atom stereocenters. The molecule has 0 fully saturated rings. The zero-order chi connectivity index (χ0) is 10.6. The number of halogens is 1. The van der Waals surface area contributed by atoms with E-state index in [1.54, 1.807) is 0 Å². The first-order chi connectivity index (χ1) is 6.63. The van der Waals surface area contributed by atoms with E-state index in [9.17, 15) is 4.79 Å². The standard InChI is InChI=1S/C11H10BrNO/c1-3-11(14)13-8(2)9-5-4-6-10(12)7-9/h1,4-8H,2H3,(H,13,14). The molecule has 1 aromatic rings. The lowest BCUT2D eigenvalue weighted by atomic mass is 10.1. The molecular formula is C11H10BrNO. The third-order valence-corrected chi connectivity index (χ3v) is 2.32. The number of hydrogen-bond acceptors (Lipinski definition) is 1. The summed E-state index contributed by atoms with van der Waals surface area (Å²) in [6.45, 7) is 1.89. The van der Waals surface area contributed by atoms with Crippen LogP contribution in [0, 0.1) is 12.3 Å². The number of nitrogens with one attached hydrogen (secondary N) is 1. The fourth-order valence-electron chi connectivity index (χ4n) is 1.10. The first-order valence-corrected chi connectivity index (χ1v) is 4.95. The summed E-state index contributed by atoms with van der Waals surface area (Å²) in [5.74, 6) is 1.63. The number of hydrogen-bond donors (Lipinski definition) is 1. The van der Waals surface area contributed by atoms with Gasteiger partial charge in [0.25, 0.3) is 5.91 Å². The highest BCUT2D eigenvalue weighted by atomic mass is 79.9. The molecule has 0 saturated heterocycles. The molecule has 1 rings (SSSR count). The Bertz CT molecular complexity index is 381. The predicted octanol–water partition coefficient (Wildman–Crippen LogP) is 2.26. The van der Waals surface area contributed by atoms with Crippen LogP contribution in [0.4, 0.5) is 0 Å². The molecule has 0 aromatic heterocycles. The van der Waals surface area contributed by atoms with Gasteiger partial charge in [-0.3, -0.25) is 4.79 Å². The monoisotopic (exact) mass is 251 g/mol. The van der Waals surface area contributed by atoms with Crippen LogP contribution in [0.2, 0.25) is 0 Å². The number of terminal acetylenes is 1. The molecule has 0 aliphatic heterocycles. The molecule has 0 aliphatic carbocycles. The maximum absolute atomic E-state index is 10.9. The van der Waals surface area contributed by atoms with Gasteiger partial charge in [0, 0.05) is 4.47 Å². The minimum atomic E-state index is -0.391. The molecule has 0 radical (unpaired) electrons. The lowest BCUT2D eigenvalue weighted by molar-refractivity contribution is -0.116. The molecule has 1 aromatic carbocycles. The summed E-state index contributed by atoms with van der Waals surface area (Å²) >= 11 is 3.36. The number of carbonyl (C=O) groups excluding carboxylic acids is 1. The van der Waals surface area contributed by atoms with E-state index in [4.69, 9.17) is 6.42 Å². The second-order valence-corrected chi connectivity index (χ2v) is 3.81. The van der Waals surface area contributed by atoms with Gasteiger partial charge in [-0.2, -0.15) is 0 Å². The van der Waals surface area contributed by atoms with E-state index >= 15 is 0 Å². The molecule has 14 heavy (non-hydrogen) atoms. The fraction of sp³-hybridized carbons (Fsp3) is 0.182. The van der Waals surface area contributed by atoms with Crippen molar-refractivity contribution in [2.24, 2.45) is 0 Å². The molecule has 0 bridgehead atoms. The smallest absolute Gasteiger partial charge is 0.296 e. The summed E-state index contributed by atoms with van der Waals surface area (Å²) in [6, 6.07) is 7.65. The highest BCUT2D eigenvalue weighted by molar-refractivity contribution is 9.10. The number of rotatable bonds is 2. The van der Waals surface area contributed by atoms with Gasteiger partial charge in [0.1, 0.15) is 0 Å². The van der Waals surface area contributed by atoms with E-state index in [0.717, 1.165) is 10.0 Å². The SMILES string of the molecule is C#CC(=O)NC(C)c1cccc(Br)c1. The lowest BCUT2D eigenvalue weighted by Gasteiger charge is -2.12. The summed E-state index contributed by atoms with van der Waals surface area (Å²) < 4.78 is 0.983. The fourth-order valence-corrected chi connectivity index (χ4v) is 1.51. The van der Waals surface area contributed by atoms with Crippen molar-refractivity contribution in [1.82, 2.24) is 5.32 Å². The Balaban J connectivity index is 2.75. The number of carbonyl (C=O) groups is 1. The van der Waals surface area contributed by atoms with Crippen LogP contribution in [0.25, 0.3) is 0 Å². The molecule has 0 heterocycles. The van der Waals surface area contributed by atoms with E-state index in [-0.39, 0.29) is 6.04 Å². The van der Waals surface area contributed by atoms with E-state index in [0.29, 0.717) is 0 Å². The van der Waals surface area contributed by atoms with Gasteiger partial charge in [-0.25, -0.2) is 0 Å². The van der Waals surface area contributed by atoms with Crippen molar-refractivity contribution in [2.75, 3.05) is 0 Å². The van der Waals surface area contributed by atoms with Crippen LogP contribution in [0.3, 0.4) is 0 Å². The van der Waals surface area contributed by atoms with Crippen LogP contribution in [0.15, 0.2) is 28.7 Å². The van der Waals surface area contributed by atoms with E-state index in [1.165, 1.54) is 0 Å². The predicted molar refractivity (Wildman–Crippen MR) is 59.5 cm³/mol. The summed E-state index contributed by atoms with van der Waals surface area (Å²) in [5, 5.41) is 2.68. The van der Waals surface area contributed by atoms with Gasteiger partial charge in [0.2, 0.25) is 0 Å². The third-order valence-electron chi connectivity index (χ3n) is 1.83. The average molecular weight is 252 g/mol. The van der Waals surface area contributed by atoms with Gasteiger partial charge in [0.05, 0.1) is 6.04 Å². The second-order valence-electron chi connectivity index (χ2n) is 2.89. The van der Waals surface area contributed by atoms with E-state index in [1.807, 2.05) is 37.1 Å². The van der Waals surface area contributed by atoms with Crippen molar-refractivity contribution in [2.45, 2.75) is 13.0 Å². The summed E-state index contributed by atoms with van der Waals surface area (Å²) in [6.07, 6.45) is 4.96. The first-order valence-electron chi connectivity index (χ1n) is 4.16. The van der Waals surface area contributed by atoms with Gasteiger partial charge < -0.3 is 5.32 Å². The van der Waals surface area contributed by atoms with Gasteiger partial charge in [-0.1, -0.05) is 28.1 Å². The molecule has 0 saturated carbocycles. The van der Waals surface area contributed by atoms with Crippen molar-refractivity contribution < 1.29 is 4.79 Å². The van der Waals surface area contributed by atoms with Crippen LogP contribution >= 0.6 is 15.9 Å². The largest absolute Gasteiger partial charge is 0.339 e. The maximum Gasteiger partial charge on any atom is 0.296 e. The van der Waals surface area contributed by atoms with Crippen molar-refractivity contribution in [3.63, 3.8) is 0 Å². The highest BCUT2D eigenvalue weighted by Crippen LogP contribution is 2.17. The van der Waals surface area contributed by atoms with Gasteiger partial charge in [-0.15, -0.1) is 6.42 Å². The number of benzene rings is 1. The Kier molecular flexibility index (Phi) is 3.73. The van der Waals surface area contributed by atoms with E-state index in [2.05, 4.69) is 21.2 Å². The van der Waals surface area contributed by atoms with Gasteiger partial charge in [-0.05, 0) is 30.5 Å². The molecule has 0 spiro atoms. The zero-order valence-corrected chi connectivity index (χ0v) is 9.34. The zero-order valence-electron chi connectivity index (χ0n) is 7.75. The normalized spacial score (nSPS) is 11.5. The summed E-state index contributed by atoms with van der Waals surface area (Å²) in [7, 11) is 0. The van der Waals surface area contributed by atoms with Crippen molar-refractivity contribution in [3.8, 4) is 12.3 Å². The van der Waals surface area contributed by atoms with Crippen molar-refractivity contribution in [3.05, 3.63) is 34.3 Å². The van der Waals surface area contributed by atoms with Gasteiger partial charge in [0.15, 0.2) is 0 Å². The lowest BCUT2D eigenvalue weighted by Crippen LogP contribution is -2.24. The van der Waals surface area contributed by atoms with E-state index < -0.39 is 5.91 Å². The molecule has 3 heteroatoms. The minimum Gasteiger partial charge on any atom is -0.339 e. The Hall–Kier alpha value is -1.27. The van der Waals surface area contributed by atoms with Crippen molar-refractivity contribution in [1.29, 1.82) is 0 Å². The van der Waals surface area contributed by atoms with Crippen LogP contribution in [0.1, 0.15) is 18.5 Å². The third kappa shape index (κ3) is 2.90. The quantitative estimate of drug-likeness (QED) is 0.803. The van der Waals surface area contributed by atoms with Crippen molar-refractivity contribution >= 4 is 21.8 Å². The van der Waals surface area contributed by atoms with Crippen LogP contribution in [-0.2, 0) is 4.79 Å². The molecule has 2 nitrogen and oxygen atoms in total. The Morgan fingerprint density at radius 2 is 2.36 bits per heavy atom. The Labute approximate surface area is 91.8 Å². The minimum absolute atomic E-state index is 0.0731. The Morgan fingerprint density at radius 1 is 1.64 bits per heavy atom. The highest BCUT2D eigenvalue weighted by Gasteiger charge is 2.07. The maximum atomic E-state index is 10.9. The summed E-state index contributed by atoms with van der Waals surface area (Å²) in [5.41, 5.74) is 1.02. The topological polar surface area (TPSA) is 29.1 Å². The van der Waals surface area contributed by atoms with Gasteiger partial charge >= 0.3 is 0 Å². The molecule has 1 unspecified atom stereocenters. The Morgan fingerprint density at radius 3 is 2.93 bits per heavy atom. The average Bonchev–Trinajstić information content (AvgIpc) is 2.17.